The van der Waals surface area contributed by atoms with Crippen LogP contribution < -0.4 is 4.74 Å². The molecule has 0 fully saturated rings. The van der Waals surface area contributed by atoms with Crippen LogP contribution in [0.2, 0.25) is 25.7 Å². The normalized spacial score (nSPS) is 12.1. The molecule has 2 rings (SSSR count). The minimum atomic E-state index is -1.05. The first-order chi connectivity index (χ1) is 9.81. The van der Waals surface area contributed by atoms with Gasteiger partial charge in [-0.1, -0.05) is 19.6 Å². The Balaban J connectivity index is 2.05. The number of halogens is 2. The van der Waals surface area contributed by atoms with E-state index in [0.717, 1.165) is 38.6 Å². The Bertz CT molecular complexity index is 638. The average molecular weight is 436 g/mol. The molecule has 0 aromatic carbocycles. The molecule has 2 heterocycles. The number of fused-ring (bicyclic) bond motifs is 1. The molecule has 116 valence electrons. The lowest BCUT2D eigenvalue weighted by atomic mass is 10.3. The second-order valence-corrected chi connectivity index (χ2v) is 13.3. The molecule has 0 N–H and O–H groups in total. The molecule has 0 aliphatic carbocycles. The van der Waals surface area contributed by atoms with Crippen LogP contribution in [-0.4, -0.2) is 31.1 Å². The molecule has 0 spiro atoms. The molecule has 0 unspecified atom stereocenters. The average Bonchev–Trinajstić information content (AvgIpc) is 2.63. The molecule has 7 heteroatoms. The summed E-state index contributed by atoms with van der Waals surface area (Å²) in [6.45, 7) is 10.0. The first kappa shape index (κ1) is 17.0. The van der Waals surface area contributed by atoms with E-state index in [4.69, 9.17) is 9.47 Å². The highest BCUT2D eigenvalue weighted by molar-refractivity contribution is 9.11. The van der Waals surface area contributed by atoms with Gasteiger partial charge in [-0.2, -0.15) is 5.10 Å². The number of hydrogen-bond acceptors (Lipinski definition) is 3. The standard InChI is InChI=1S/C14H20Br2N2O2Si/c1-10-12(15)13-11(5-6-17-18(13)14(10)16)20-9-19-7-8-21(2,3)4/h5-6H,7-9H2,1-4H3. The Hall–Kier alpha value is -0.373. The highest BCUT2D eigenvalue weighted by Crippen LogP contribution is 2.35. The van der Waals surface area contributed by atoms with Gasteiger partial charge in [0.1, 0.15) is 10.1 Å². The molecule has 2 aromatic heterocycles. The highest BCUT2D eigenvalue weighted by atomic mass is 79.9. The number of rotatable bonds is 6. The van der Waals surface area contributed by atoms with Crippen LogP contribution in [0, 0.1) is 6.92 Å². The topological polar surface area (TPSA) is 35.8 Å². The molecule has 0 radical (unpaired) electrons. The van der Waals surface area contributed by atoms with Gasteiger partial charge in [0.05, 0.1) is 10.7 Å². The van der Waals surface area contributed by atoms with Crippen LogP contribution in [-0.2, 0) is 4.74 Å². The molecule has 21 heavy (non-hydrogen) atoms. The summed E-state index contributed by atoms with van der Waals surface area (Å²) in [5.74, 6) is 0.763. The minimum Gasteiger partial charge on any atom is -0.465 e. The van der Waals surface area contributed by atoms with Crippen molar-refractivity contribution in [2.45, 2.75) is 32.6 Å². The SMILES string of the molecule is Cc1c(Br)c2c(OCOCC[Si](C)(C)C)ccnn2c1Br. The quantitative estimate of drug-likeness (QED) is 0.369. The predicted molar refractivity (Wildman–Crippen MR) is 94.9 cm³/mol. The van der Waals surface area contributed by atoms with Crippen molar-refractivity contribution < 1.29 is 9.47 Å². The third-order valence-corrected chi connectivity index (χ3v) is 6.79. The van der Waals surface area contributed by atoms with Crippen LogP contribution in [0.1, 0.15) is 5.56 Å². The van der Waals surface area contributed by atoms with E-state index in [1.54, 1.807) is 6.20 Å². The van der Waals surface area contributed by atoms with E-state index in [-0.39, 0.29) is 6.79 Å². The fourth-order valence-electron chi connectivity index (χ4n) is 1.84. The molecular formula is C14H20Br2N2O2Si. The second kappa shape index (κ2) is 6.81. The zero-order chi connectivity index (χ0) is 15.6. The lowest BCUT2D eigenvalue weighted by Crippen LogP contribution is -2.22. The summed E-state index contributed by atoms with van der Waals surface area (Å²) >= 11 is 7.13. The van der Waals surface area contributed by atoms with E-state index in [1.807, 2.05) is 17.5 Å². The van der Waals surface area contributed by atoms with E-state index >= 15 is 0 Å². The summed E-state index contributed by atoms with van der Waals surface area (Å²) in [4.78, 5) is 0. The van der Waals surface area contributed by atoms with Crippen LogP contribution in [0.4, 0.5) is 0 Å². The second-order valence-electron chi connectivity index (χ2n) is 6.17. The minimum absolute atomic E-state index is 0.262. The fourth-order valence-corrected chi connectivity index (χ4v) is 3.89. The molecule has 0 amide bonds. The van der Waals surface area contributed by atoms with Gasteiger partial charge in [-0.15, -0.1) is 0 Å². The van der Waals surface area contributed by atoms with Gasteiger partial charge >= 0.3 is 0 Å². The summed E-state index contributed by atoms with van der Waals surface area (Å²) in [6.07, 6.45) is 1.72. The molecule has 0 saturated heterocycles. The zero-order valence-corrected chi connectivity index (χ0v) is 16.9. The lowest BCUT2D eigenvalue weighted by Gasteiger charge is -2.15. The molecule has 0 bridgehead atoms. The summed E-state index contributed by atoms with van der Waals surface area (Å²) in [6, 6.07) is 3.00. The van der Waals surface area contributed by atoms with E-state index in [9.17, 15) is 0 Å². The van der Waals surface area contributed by atoms with E-state index in [2.05, 4.69) is 56.6 Å². The Morgan fingerprint density at radius 3 is 2.67 bits per heavy atom. The van der Waals surface area contributed by atoms with Crippen molar-refractivity contribution in [3.63, 3.8) is 0 Å². The first-order valence-corrected chi connectivity index (χ1v) is 12.1. The van der Waals surface area contributed by atoms with Crippen LogP contribution >= 0.6 is 31.9 Å². The predicted octanol–water partition coefficient (Wildman–Crippen LogP) is 4.86. The van der Waals surface area contributed by atoms with Gasteiger partial charge in [-0.3, -0.25) is 0 Å². The van der Waals surface area contributed by atoms with Gasteiger partial charge in [0.25, 0.3) is 0 Å². The van der Waals surface area contributed by atoms with Crippen molar-refractivity contribution in [2.75, 3.05) is 13.4 Å². The van der Waals surface area contributed by atoms with Crippen LogP contribution in [0.15, 0.2) is 21.3 Å². The summed E-state index contributed by atoms with van der Waals surface area (Å²) in [7, 11) is -1.05. The van der Waals surface area contributed by atoms with Gasteiger partial charge in [-0.25, -0.2) is 4.52 Å². The van der Waals surface area contributed by atoms with Crippen LogP contribution in [0.5, 0.6) is 5.75 Å². The highest BCUT2D eigenvalue weighted by Gasteiger charge is 2.16. The largest absolute Gasteiger partial charge is 0.465 e. The summed E-state index contributed by atoms with van der Waals surface area (Å²) < 4.78 is 15.1. The van der Waals surface area contributed by atoms with E-state index in [1.165, 1.54) is 0 Å². The van der Waals surface area contributed by atoms with Crippen molar-refractivity contribution in [1.29, 1.82) is 0 Å². The zero-order valence-electron chi connectivity index (χ0n) is 12.7. The van der Waals surface area contributed by atoms with Gasteiger partial charge in [-0.05, 0) is 50.4 Å². The van der Waals surface area contributed by atoms with Crippen molar-refractivity contribution >= 4 is 45.5 Å². The fraction of sp³-hybridized carbons (Fsp3) is 0.500. The van der Waals surface area contributed by atoms with Gasteiger partial charge in [0, 0.05) is 20.7 Å². The Kier molecular flexibility index (Phi) is 5.51. The van der Waals surface area contributed by atoms with Crippen molar-refractivity contribution in [3.05, 3.63) is 26.9 Å². The molecular weight excluding hydrogens is 416 g/mol. The number of ether oxygens (including phenoxy) is 2. The van der Waals surface area contributed by atoms with Crippen LogP contribution in [0.25, 0.3) is 5.52 Å². The lowest BCUT2D eigenvalue weighted by molar-refractivity contribution is 0.0226. The Labute approximate surface area is 143 Å². The van der Waals surface area contributed by atoms with E-state index in [0.29, 0.717) is 0 Å². The van der Waals surface area contributed by atoms with Crippen molar-refractivity contribution in [1.82, 2.24) is 9.61 Å². The maximum atomic E-state index is 5.76. The monoisotopic (exact) mass is 434 g/mol. The smallest absolute Gasteiger partial charge is 0.189 e. The number of hydrogen-bond donors (Lipinski definition) is 0. The molecule has 2 aromatic rings. The molecule has 4 nitrogen and oxygen atoms in total. The maximum Gasteiger partial charge on any atom is 0.189 e. The number of nitrogens with zero attached hydrogens (tertiary/aromatic N) is 2. The van der Waals surface area contributed by atoms with Crippen molar-refractivity contribution in [2.24, 2.45) is 0 Å². The number of aromatic nitrogens is 2. The Morgan fingerprint density at radius 1 is 1.29 bits per heavy atom. The third-order valence-electron chi connectivity index (χ3n) is 3.18. The Morgan fingerprint density at radius 2 is 2.00 bits per heavy atom. The third kappa shape index (κ3) is 4.09. The van der Waals surface area contributed by atoms with Crippen molar-refractivity contribution in [3.8, 4) is 5.75 Å². The van der Waals surface area contributed by atoms with Crippen LogP contribution in [0.3, 0.4) is 0 Å². The van der Waals surface area contributed by atoms with Gasteiger partial charge in [0.2, 0.25) is 0 Å². The first-order valence-electron chi connectivity index (χ1n) is 6.83. The summed E-state index contributed by atoms with van der Waals surface area (Å²) in [5, 5.41) is 4.32. The maximum absolute atomic E-state index is 5.76. The van der Waals surface area contributed by atoms with E-state index < -0.39 is 8.07 Å². The molecule has 0 saturated carbocycles. The summed E-state index contributed by atoms with van der Waals surface area (Å²) in [5.41, 5.74) is 2.01. The molecule has 0 aliphatic heterocycles. The molecule has 0 atom stereocenters. The van der Waals surface area contributed by atoms with Gasteiger partial charge in [0.15, 0.2) is 12.5 Å². The molecule has 0 aliphatic rings. The van der Waals surface area contributed by atoms with Gasteiger partial charge < -0.3 is 9.47 Å².